The molecular weight excluding hydrogens is 294 g/mol. The predicted molar refractivity (Wildman–Crippen MR) is 75.3 cm³/mol. The van der Waals surface area contributed by atoms with Gasteiger partial charge in [0.05, 0.1) is 5.56 Å². The highest BCUT2D eigenvalue weighted by molar-refractivity contribution is 9.10. The minimum absolute atomic E-state index is 0.000509. The summed E-state index contributed by atoms with van der Waals surface area (Å²) in [7, 11) is 0. The fourth-order valence-corrected chi connectivity index (χ4v) is 2.71. The summed E-state index contributed by atoms with van der Waals surface area (Å²) in [4.78, 5) is 18.3. The van der Waals surface area contributed by atoms with Gasteiger partial charge in [-0.2, -0.15) is 0 Å². The highest BCUT2D eigenvalue weighted by atomic mass is 79.9. The summed E-state index contributed by atoms with van der Waals surface area (Å²) < 4.78 is 0.782. The molecule has 1 amide bonds. The van der Waals surface area contributed by atoms with Crippen molar-refractivity contribution in [2.45, 2.75) is 26.2 Å². The van der Waals surface area contributed by atoms with Gasteiger partial charge in [0.2, 0.25) is 0 Å². The predicted octanol–water partition coefficient (Wildman–Crippen LogP) is 2.69. The molecule has 2 N–H and O–H groups in total. The summed E-state index contributed by atoms with van der Waals surface area (Å²) in [5.74, 6) is 0.922. The Kier molecular flexibility index (Phi) is 4.22. The van der Waals surface area contributed by atoms with E-state index in [4.69, 9.17) is 5.73 Å². The number of rotatable bonds is 2. The number of nitrogens with zero attached hydrogens (tertiary/aromatic N) is 2. The Morgan fingerprint density at radius 1 is 1.67 bits per heavy atom. The number of aromatic nitrogens is 1. The molecule has 0 aliphatic carbocycles. The number of hydrogen-bond acceptors (Lipinski definition) is 3. The van der Waals surface area contributed by atoms with Crippen molar-refractivity contribution in [2.24, 2.45) is 5.92 Å². The number of carbonyl (C=O) groups is 1. The molecule has 0 radical (unpaired) electrons. The van der Waals surface area contributed by atoms with Gasteiger partial charge < -0.3 is 10.6 Å². The SMILES string of the molecule is CCC1CCCN(C(=O)c2cc(Br)cnc2N)C1. The van der Waals surface area contributed by atoms with Gasteiger partial charge in [-0.1, -0.05) is 13.3 Å². The van der Waals surface area contributed by atoms with E-state index >= 15 is 0 Å². The van der Waals surface area contributed by atoms with Gasteiger partial charge in [0.1, 0.15) is 5.82 Å². The third-order valence-corrected chi connectivity index (χ3v) is 3.93. The fourth-order valence-electron chi connectivity index (χ4n) is 2.37. The van der Waals surface area contributed by atoms with E-state index in [1.807, 2.05) is 4.90 Å². The van der Waals surface area contributed by atoms with Crippen LogP contribution in [0.3, 0.4) is 0 Å². The maximum Gasteiger partial charge on any atom is 0.257 e. The Morgan fingerprint density at radius 3 is 3.17 bits per heavy atom. The topological polar surface area (TPSA) is 59.2 Å². The first kappa shape index (κ1) is 13.3. The van der Waals surface area contributed by atoms with Gasteiger partial charge in [-0.3, -0.25) is 4.79 Å². The normalized spacial score (nSPS) is 19.9. The quantitative estimate of drug-likeness (QED) is 0.913. The number of halogens is 1. The fraction of sp³-hybridized carbons (Fsp3) is 0.538. The molecule has 1 fully saturated rings. The maximum absolute atomic E-state index is 12.4. The molecule has 1 saturated heterocycles. The molecule has 18 heavy (non-hydrogen) atoms. The van der Waals surface area contributed by atoms with E-state index < -0.39 is 0 Å². The number of likely N-dealkylation sites (tertiary alicyclic amines) is 1. The first-order chi connectivity index (χ1) is 8.61. The smallest absolute Gasteiger partial charge is 0.257 e. The van der Waals surface area contributed by atoms with E-state index in [0.29, 0.717) is 17.3 Å². The van der Waals surface area contributed by atoms with E-state index in [9.17, 15) is 4.79 Å². The molecule has 2 rings (SSSR count). The number of nitrogen functional groups attached to an aromatic ring is 1. The van der Waals surface area contributed by atoms with Crippen LogP contribution >= 0.6 is 15.9 Å². The minimum atomic E-state index is -0.000509. The van der Waals surface area contributed by atoms with Crippen molar-refractivity contribution in [1.29, 1.82) is 0 Å². The first-order valence-corrected chi connectivity index (χ1v) is 7.11. The Balaban J connectivity index is 2.17. The minimum Gasteiger partial charge on any atom is -0.383 e. The molecule has 1 aliphatic heterocycles. The van der Waals surface area contributed by atoms with Gasteiger partial charge in [0.15, 0.2) is 0 Å². The Labute approximate surface area is 116 Å². The van der Waals surface area contributed by atoms with Crippen LogP contribution in [0, 0.1) is 5.92 Å². The zero-order valence-electron chi connectivity index (χ0n) is 10.5. The molecule has 0 saturated carbocycles. The molecule has 1 aliphatic rings. The van der Waals surface area contributed by atoms with Gasteiger partial charge in [-0.25, -0.2) is 4.98 Å². The van der Waals surface area contributed by atoms with Crippen LogP contribution in [0.2, 0.25) is 0 Å². The van der Waals surface area contributed by atoms with Crippen molar-refractivity contribution in [3.05, 3.63) is 22.3 Å². The van der Waals surface area contributed by atoms with Crippen molar-refractivity contribution >= 4 is 27.7 Å². The molecule has 5 heteroatoms. The average Bonchev–Trinajstić information content (AvgIpc) is 2.41. The highest BCUT2D eigenvalue weighted by Gasteiger charge is 2.25. The molecule has 1 aromatic rings. The number of amides is 1. The van der Waals surface area contributed by atoms with Crippen LogP contribution in [0.15, 0.2) is 16.7 Å². The van der Waals surface area contributed by atoms with Crippen molar-refractivity contribution in [2.75, 3.05) is 18.8 Å². The standard InChI is InChI=1S/C13H18BrN3O/c1-2-9-4-3-5-17(8-9)13(18)11-6-10(14)7-16-12(11)15/h6-7,9H,2-5,8H2,1H3,(H2,15,16). The van der Waals surface area contributed by atoms with Gasteiger partial charge in [0, 0.05) is 23.8 Å². The third-order valence-electron chi connectivity index (χ3n) is 3.50. The maximum atomic E-state index is 12.4. The molecule has 98 valence electrons. The average molecular weight is 312 g/mol. The van der Waals surface area contributed by atoms with Gasteiger partial charge in [-0.05, 0) is 40.8 Å². The second-order valence-corrected chi connectivity index (χ2v) is 5.67. The molecule has 1 atom stereocenters. The van der Waals surface area contributed by atoms with Crippen LogP contribution in [-0.2, 0) is 0 Å². The summed E-state index contributed by atoms with van der Waals surface area (Å²) in [5.41, 5.74) is 6.29. The Bertz CT molecular complexity index is 450. The lowest BCUT2D eigenvalue weighted by molar-refractivity contribution is 0.0672. The second-order valence-electron chi connectivity index (χ2n) is 4.75. The van der Waals surface area contributed by atoms with Crippen LogP contribution in [0.4, 0.5) is 5.82 Å². The van der Waals surface area contributed by atoms with Gasteiger partial charge in [-0.15, -0.1) is 0 Å². The van der Waals surface area contributed by atoms with E-state index in [2.05, 4.69) is 27.8 Å². The van der Waals surface area contributed by atoms with E-state index in [1.54, 1.807) is 12.3 Å². The zero-order chi connectivity index (χ0) is 13.1. The number of carbonyl (C=O) groups excluding carboxylic acids is 1. The van der Waals surface area contributed by atoms with Gasteiger partial charge >= 0.3 is 0 Å². The molecule has 1 unspecified atom stereocenters. The van der Waals surface area contributed by atoms with Gasteiger partial charge in [0.25, 0.3) is 5.91 Å². The van der Waals surface area contributed by atoms with Crippen molar-refractivity contribution in [1.82, 2.24) is 9.88 Å². The summed E-state index contributed by atoms with van der Waals surface area (Å²) in [6, 6.07) is 1.75. The number of anilines is 1. The lowest BCUT2D eigenvalue weighted by Gasteiger charge is -2.32. The monoisotopic (exact) mass is 311 g/mol. The van der Waals surface area contributed by atoms with Crippen LogP contribution in [-0.4, -0.2) is 28.9 Å². The first-order valence-electron chi connectivity index (χ1n) is 6.32. The summed E-state index contributed by atoms with van der Waals surface area (Å²) in [6.07, 6.45) is 5.02. The number of nitrogens with two attached hydrogens (primary N) is 1. The molecule has 0 aromatic carbocycles. The zero-order valence-corrected chi connectivity index (χ0v) is 12.1. The lowest BCUT2D eigenvalue weighted by atomic mass is 9.95. The van der Waals surface area contributed by atoms with Crippen LogP contribution in [0.5, 0.6) is 0 Å². The molecule has 0 bridgehead atoms. The largest absolute Gasteiger partial charge is 0.383 e. The van der Waals surface area contributed by atoms with E-state index in [1.165, 1.54) is 6.42 Å². The molecule has 4 nitrogen and oxygen atoms in total. The van der Waals surface area contributed by atoms with Crippen molar-refractivity contribution in [3.8, 4) is 0 Å². The van der Waals surface area contributed by atoms with Crippen LogP contribution < -0.4 is 5.73 Å². The number of pyridine rings is 1. The third kappa shape index (κ3) is 2.83. The Hall–Kier alpha value is -1.10. The van der Waals surface area contributed by atoms with Crippen molar-refractivity contribution < 1.29 is 4.79 Å². The highest BCUT2D eigenvalue weighted by Crippen LogP contribution is 2.23. The molecule has 1 aromatic heterocycles. The molecule has 2 heterocycles. The van der Waals surface area contributed by atoms with Crippen LogP contribution in [0.25, 0.3) is 0 Å². The lowest BCUT2D eigenvalue weighted by Crippen LogP contribution is -2.40. The van der Waals surface area contributed by atoms with Crippen LogP contribution in [0.1, 0.15) is 36.5 Å². The Morgan fingerprint density at radius 2 is 2.44 bits per heavy atom. The second kappa shape index (κ2) is 5.69. The molecule has 0 spiro atoms. The number of piperidine rings is 1. The summed E-state index contributed by atoms with van der Waals surface area (Å²) in [5, 5.41) is 0. The van der Waals surface area contributed by atoms with E-state index in [0.717, 1.165) is 30.4 Å². The number of hydrogen-bond donors (Lipinski definition) is 1. The summed E-state index contributed by atoms with van der Waals surface area (Å²) >= 11 is 3.33. The molecular formula is C13H18BrN3O. The van der Waals surface area contributed by atoms with Crippen molar-refractivity contribution in [3.63, 3.8) is 0 Å². The summed E-state index contributed by atoms with van der Waals surface area (Å²) in [6.45, 7) is 3.83. The van der Waals surface area contributed by atoms with E-state index in [-0.39, 0.29) is 5.91 Å².